The number of nitriles is 1. The number of nitrogens with zero attached hydrogens (tertiary/aromatic N) is 3. The summed E-state index contributed by atoms with van der Waals surface area (Å²) in [6.07, 6.45) is 0.147. The summed E-state index contributed by atoms with van der Waals surface area (Å²) >= 11 is 0. The van der Waals surface area contributed by atoms with Crippen molar-refractivity contribution in [1.29, 1.82) is 5.26 Å². The van der Waals surface area contributed by atoms with E-state index in [0.717, 1.165) is 27.5 Å². The van der Waals surface area contributed by atoms with Gasteiger partial charge < -0.3 is 40.3 Å². The van der Waals surface area contributed by atoms with E-state index >= 15 is 0 Å². The quantitative estimate of drug-likeness (QED) is 0.0354. The Morgan fingerprint density at radius 1 is 0.794 bits per heavy atom. The van der Waals surface area contributed by atoms with Crippen LogP contribution < -0.4 is 16.2 Å². The summed E-state index contributed by atoms with van der Waals surface area (Å²) in [6, 6.07) is 29.8. The van der Waals surface area contributed by atoms with E-state index in [1.165, 1.54) is 7.11 Å². The molecule has 0 aliphatic rings. The number of hydrogen-bond acceptors (Lipinski definition) is 13. The summed E-state index contributed by atoms with van der Waals surface area (Å²) in [7, 11) is 1.49. The largest absolute Gasteiger partial charge is 0.517 e. The molecule has 0 heterocycles. The van der Waals surface area contributed by atoms with E-state index in [0.29, 0.717) is 42.1 Å². The van der Waals surface area contributed by atoms with Gasteiger partial charge in [0.2, 0.25) is 0 Å². The van der Waals surface area contributed by atoms with Crippen molar-refractivity contribution < 1.29 is 160 Å². The minimum absolute atomic E-state index is 0. The van der Waals surface area contributed by atoms with Crippen molar-refractivity contribution >= 4 is 64.0 Å². The molecule has 0 aliphatic heterocycles. The predicted octanol–water partition coefficient (Wildman–Crippen LogP) is 9.25. The number of aryl methyl sites for hydroxylation is 3. The van der Waals surface area contributed by atoms with Crippen molar-refractivity contribution in [3.8, 4) is 17.6 Å². The number of nitrogen functional groups attached to an aromatic ring is 1. The molecule has 4 aromatic carbocycles. The maximum absolute atomic E-state index is 11.6. The Kier molecular flexibility index (Phi) is 52.0. The predicted molar refractivity (Wildman–Crippen MR) is 256 cm³/mol. The number of phenols is 1. The van der Waals surface area contributed by atoms with Gasteiger partial charge in [-0.25, -0.2) is 4.99 Å². The normalized spacial score (nSPS) is 9.91. The summed E-state index contributed by atoms with van der Waals surface area (Å²) in [4.78, 5) is 41.0. The number of amidine groups is 1. The van der Waals surface area contributed by atoms with Gasteiger partial charge in [0.15, 0.2) is 11.7 Å². The molecule has 68 heavy (non-hydrogen) atoms. The summed E-state index contributed by atoms with van der Waals surface area (Å²) in [6.45, 7) is 21.7. The second kappa shape index (κ2) is 45.8. The van der Waals surface area contributed by atoms with Crippen molar-refractivity contribution in [3.05, 3.63) is 95.6 Å². The number of carbonyl (C=O) groups is 3. The Morgan fingerprint density at radius 3 is 1.82 bits per heavy atom. The first-order chi connectivity index (χ1) is 29.7. The van der Waals surface area contributed by atoms with Crippen LogP contribution in [0, 0.1) is 50.3 Å². The number of methoxy groups -OCH3 is 1. The fourth-order valence-electron chi connectivity index (χ4n) is 4.84. The molecule has 366 valence electrons. The van der Waals surface area contributed by atoms with Gasteiger partial charge in [-0.1, -0.05) is 37.9 Å². The standard InChI is InChI=1S/C15H20NO3.C14H15O2.C8H16N2O2.C7H8N.C5H7NO2.ClH.V.3Y/c1-11(2)19-15(9-14(17)10-18-4)16-13-7-5-6-12(3)8-13;1-9(2)16-12-7-11-6-10(3)4-5-13(11)14(15)8-12;1-4-12-8(11)5-7(9)10-6(2)3;1-6-3-2-4-7(8)5-6;1-2-8-5(7)3-4-6;;;;;/h5-7,11H,9-10H2,1-4H3;4-5,7-9,15H,1-3H3;6H,4-5H2,1-3H3,(H2,9,10);2-4H,8H2,1H3;2-3H2,1H3;1H;;;;/q2*-1;;-1;;;;;;. The molecule has 0 bridgehead atoms. The van der Waals surface area contributed by atoms with E-state index in [9.17, 15) is 19.5 Å². The van der Waals surface area contributed by atoms with Gasteiger partial charge in [0, 0.05) is 136 Å². The number of ether oxygens (including phenoxy) is 5. The molecule has 0 saturated carbocycles. The number of aliphatic imine (C=N–C) groups is 2. The molecule has 0 aromatic heterocycles. The van der Waals surface area contributed by atoms with Crippen LogP contribution in [0.3, 0.4) is 0 Å². The van der Waals surface area contributed by atoms with Crippen LogP contribution >= 0.6 is 12.4 Å². The SMILES string of the molecule is CCOC(=O)CC#N.CCOC(=O)CC(N)=NC(C)C.COCC(=O)CC(=Nc1[c-]c(C)ccc1)OC(C)C.Cc1[c-]c(N)ccc1.Cc1[c-]c2cc(OC(C)C)cc(O)c2cc1.Cl.[V].[Y].[Y].[Y]. The second-order valence-corrected chi connectivity index (χ2v) is 14.4. The average molecular weight is 1220 g/mol. The molecule has 0 amide bonds. The van der Waals surface area contributed by atoms with Crippen LogP contribution in [0.2, 0.25) is 0 Å². The van der Waals surface area contributed by atoms with E-state index in [1.54, 1.807) is 26.0 Å². The zero-order valence-corrected chi connectivity index (χ0v) is 52.3. The van der Waals surface area contributed by atoms with Crippen molar-refractivity contribution in [2.24, 2.45) is 15.7 Å². The molecular formula is C49H67ClN5O9VY3-3. The van der Waals surface area contributed by atoms with E-state index in [4.69, 9.17) is 35.7 Å². The van der Waals surface area contributed by atoms with E-state index in [-0.39, 0.29) is 191 Å². The summed E-state index contributed by atoms with van der Waals surface area (Å²) < 4.78 is 25.1. The first-order valence-electron chi connectivity index (χ1n) is 20.5. The molecule has 0 atom stereocenters. The number of ketones is 1. The van der Waals surface area contributed by atoms with Crippen molar-refractivity contribution in [2.45, 2.75) is 114 Å². The number of rotatable bonds is 14. The molecule has 5 N–H and O–H groups in total. The van der Waals surface area contributed by atoms with Gasteiger partial charge >= 0.3 is 11.9 Å². The van der Waals surface area contributed by atoms with Gasteiger partial charge in [-0.2, -0.15) is 52.8 Å². The molecule has 0 unspecified atom stereocenters. The van der Waals surface area contributed by atoms with Crippen molar-refractivity contribution in [2.75, 3.05) is 32.7 Å². The minimum Gasteiger partial charge on any atom is -0.517 e. The smallest absolute Gasteiger partial charge is 0.320 e. The van der Waals surface area contributed by atoms with Gasteiger partial charge in [0.05, 0.1) is 49.4 Å². The summed E-state index contributed by atoms with van der Waals surface area (Å²) in [5, 5.41) is 19.5. The number of benzene rings is 4. The molecule has 4 aromatic rings. The topological polar surface area (TPSA) is 218 Å². The first-order valence-corrected chi connectivity index (χ1v) is 20.5. The van der Waals surface area contributed by atoms with Crippen LogP contribution in [0.5, 0.6) is 11.5 Å². The Hall–Kier alpha value is -2.27. The van der Waals surface area contributed by atoms with Crippen LogP contribution in [-0.2, 0) is 150 Å². The van der Waals surface area contributed by atoms with Gasteiger partial charge in [-0.15, -0.1) is 53.7 Å². The van der Waals surface area contributed by atoms with Crippen LogP contribution in [0.4, 0.5) is 11.4 Å². The number of anilines is 1. The maximum Gasteiger partial charge on any atom is 0.320 e. The zero-order valence-electron chi connectivity index (χ0n) is 41.5. The molecular weight excluding hydrogens is 1160 g/mol. The minimum atomic E-state index is -0.449. The third kappa shape index (κ3) is 40.5. The van der Waals surface area contributed by atoms with Gasteiger partial charge in [0.1, 0.15) is 25.3 Å². The van der Waals surface area contributed by atoms with Crippen molar-refractivity contribution in [1.82, 2.24) is 0 Å². The molecule has 0 spiro atoms. The van der Waals surface area contributed by atoms with Crippen molar-refractivity contribution in [3.63, 3.8) is 0 Å². The fourth-order valence-corrected chi connectivity index (χ4v) is 4.84. The van der Waals surface area contributed by atoms with E-state index in [1.807, 2.05) is 117 Å². The number of aromatic hydroxyl groups is 1. The molecule has 0 fully saturated rings. The fraction of sp³-hybridized carbons (Fsp3) is 0.429. The average Bonchev–Trinajstić information content (AvgIpc) is 3.15. The number of Topliss-reactive ketones (excluding diaryl/α,β-unsaturated/α-hetero) is 1. The zero-order chi connectivity index (χ0) is 47.9. The molecule has 19 heteroatoms. The van der Waals surface area contributed by atoms with Crippen LogP contribution in [0.25, 0.3) is 10.8 Å². The third-order valence-electron chi connectivity index (χ3n) is 7.08. The van der Waals surface area contributed by atoms with E-state index in [2.05, 4.69) is 32.9 Å². The number of esters is 2. The molecule has 4 rings (SSSR count). The van der Waals surface area contributed by atoms with Gasteiger partial charge in [-0.3, -0.25) is 19.4 Å². The van der Waals surface area contributed by atoms with Gasteiger partial charge in [0.25, 0.3) is 0 Å². The molecule has 0 saturated heterocycles. The summed E-state index contributed by atoms with van der Waals surface area (Å²) in [5.74, 6) is 0.831. The van der Waals surface area contributed by atoms with Gasteiger partial charge in [-0.05, 0) is 61.1 Å². The number of carbonyl (C=O) groups excluding carboxylic acids is 3. The van der Waals surface area contributed by atoms with Crippen LogP contribution in [0.1, 0.15) is 91.3 Å². The molecule has 4 radical (unpaired) electrons. The number of halogens is 1. The second-order valence-electron chi connectivity index (χ2n) is 14.4. The number of fused-ring (bicyclic) bond motifs is 1. The molecule has 0 aliphatic carbocycles. The Morgan fingerprint density at radius 2 is 1.35 bits per heavy atom. The Labute approximate surface area is 498 Å². The van der Waals surface area contributed by atoms with E-state index < -0.39 is 5.97 Å². The maximum atomic E-state index is 11.6. The third-order valence-corrected chi connectivity index (χ3v) is 7.08. The van der Waals surface area contributed by atoms with Crippen LogP contribution in [0.15, 0.2) is 70.6 Å². The monoisotopic (exact) mass is 1220 g/mol. The molecule has 14 nitrogen and oxygen atoms in total. The summed E-state index contributed by atoms with van der Waals surface area (Å²) in [5.41, 5.74) is 15.4. The number of phenolic OH excluding ortho intramolecular Hbond substituents is 1. The number of hydrogen-bond donors (Lipinski definition) is 3. The Balaban J connectivity index is -0.000000180. The van der Waals surface area contributed by atoms with Crippen LogP contribution in [-0.4, -0.2) is 79.7 Å². The first kappa shape index (κ1) is 77.2. The Bertz CT molecular complexity index is 2100. The number of nitrogens with two attached hydrogens (primary N) is 2.